The number of thiophene rings is 1. The number of hydrogen-bond acceptors (Lipinski definition) is 3. The van der Waals surface area contributed by atoms with Crippen molar-refractivity contribution in [2.45, 2.75) is 0 Å². The van der Waals surface area contributed by atoms with Crippen LogP contribution in [0.5, 0.6) is 0 Å². The fraction of sp³-hybridized carbons (Fsp3) is 0. The molecular formula is C14H10BrNO3S. The van der Waals surface area contributed by atoms with E-state index in [2.05, 4.69) is 21.2 Å². The molecule has 2 rings (SSSR count). The lowest BCUT2D eigenvalue weighted by molar-refractivity contribution is -0.131. The minimum Gasteiger partial charge on any atom is -0.478 e. The van der Waals surface area contributed by atoms with Crippen LogP contribution in [0.4, 0.5) is 5.69 Å². The van der Waals surface area contributed by atoms with Crippen LogP contribution in [0.15, 0.2) is 45.6 Å². The second-order valence-electron chi connectivity index (χ2n) is 3.89. The Morgan fingerprint density at radius 3 is 2.50 bits per heavy atom. The lowest BCUT2D eigenvalue weighted by atomic mass is 10.2. The van der Waals surface area contributed by atoms with Gasteiger partial charge in [-0.05, 0) is 45.8 Å². The maximum Gasteiger partial charge on any atom is 0.328 e. The smallest absolute Gasteiger partial charge is 0.328 e. The molecule has 1 heterocycles. The number of rotatable bonds is 4. The molecule has 0 aliphatic carbocycles. The van der Waals surface area contributed by atoms with E-state index >= 15 is 0 Å². The zero-order chi connectivity index (χ0) is 14.5. The first-order valence-electron chi connectivity index (χ1n) is 5.61. The van der Waals surface area contributed by atoms with E-state index < -0.39 is 5.97 Å². The largest absolute Gasteiger partial charge is 0.478 e. The van der Waals surface area contributed by atoms with Gasteiger partial charge in [0.1, 0.15) is 0 Å². The second-order valence-corrected chi connectivity index (χ2v) is 6.18. The summed E-state index contributed by atoms with van der Waals surface area (Å²) in [6.45, 7) is 0. The van der Waals surface area contributed by atoms with Gasteiger partial charge < -0.3 is 10.4 Å². The number of aliphatic carboxylic acids is 1. The summed E-state index contributed by atoms with van der Waals surface area (Å²) < 4.78 is 0.900. The van der Waals surface area contributed by atoms with E-state index in [1.807, 2.05) is 0 Å². The Morgan fingerprint density at radius 2 is 1.95 bits per heavy atom. The highest BCUT2D eigenvalue weighted by molar-refractivity contribution is 9.11. The van der Waals surface area contributed by atoms with Crippen LogP contribution >= 0.6 is 27.3 Å². The van der Waals surface area contributed by atoms with Crippen molar-refractivity contribution in [2.75, 3.05) is 5.32 Å². The van der Waals surface area contributed by atoms with Crippen molar-refractivity contribution in [2.24, 2.45) is 0 Å². The van der Waals surface area contributed by atoms with E-state index in [0.717, 1.165) is 15.4 Å². The topological polar surface area (TPSA) is 66.4 Å². The molecule has 6 heteroatoms. The number of nitrogens with one attached hydrogen (secondary N) is 1. The molecule has 0 saturated heterocycles. The number of halogens is 1. The Labute approximate surface area is 127 Å². The lowest BCUT2D eigenvalue weighted by Gasteiger charge is -2.03. The van der Waals surface area contributed by atoms with Gasteiger partial charge in [-0.15, -0.1) is 11.3 Å². The third-order valence-electron chi connectivity index (χ3n) is 2.42. The minimum atomic E-state index is -0.995. The molecular weight excluding hydrogens is 342 g/mol. The van der Waals surface area contributed by atoms with Gasteiger partial charge in [-0.3, -0.25) is 4.79 Å². The summed E-state index contributed by atoms with van der Waals surface area (Å²) in [7, 11) is 0. The van der Waals surface area contributed by atoms with Gasteiger partial charge in [0.05, 0.1) is 9.35 Å². The van der Waals surface area contributed by atoms with E-state index in [9.17, 15) is 9.59 Å². The van der Waals surface area contributed by atoms with Gasteiger partial charge in [0.15, 0.2) is 0 Å². The Bertz CT molecular complexity index is 661. The number of carbonyl (C=O) groups excluding carboxylic acids is 1. The summed E-state index contributed by atoms with van der Waals surface area (Å²) in [5, 5.41) is 13.1. The quantitative estimate of drug-likeness (QED) is 0.821. The maximum absolute atomic E-state index is 11.9. The van der Waals surface area contributed by atoms with Gasteiger partial charge >= 0.3 is 5.97 Å². The molecule has 102 valence electrons. The minimum absolute atomic E-state index is 0.180. The van der Waals surface area contributed by atoms with Gasteiger partial charge in [-0.2, -0.15) is 0 Å². The standard InChI is InChI=1S/C14H10BrNO3S/c15-12-7-10(8-20-12)14(19)16-11-4-1-9(2-5-11)3-6-13(17)18/h1-8H,(H,16,19)(H,17,18)/b6-3+. The molecule has 0 saturated carbocycles. The van der Waals surface area contributed by atoms with Gasteiger partial charge in [0, 0.05) is 17.1 Å². The van der Waals surface area contributed by atoms with Crippen LogP contribution in [0, 0.1) is 0 Å². The van der Waals surface area contributed by atoms with Crippen molar-refractivity contribution in [3.05, 3.63) is 56.7 Å². The van der Waals surface area contributed by atoms with Crippen LogP contribution in [0.3, 0.4) is 0 Å². The first-order valence-corrected chi connectivity index (χ1v) is 7.28. The summed E-state index contributed by atoms with van der Waals surface area (Å²) in [5.74, 6) is -1.17. The van der Waals surface area contributed by atoms with Gasteiger partial charge in [-0.1, -0.05) is 12.1 Å². The average Bonchev–Trinajstić information content (AvgIpc) is 2.85. The number of hydrogen-bond donors (Lipinski definition) is 2. The zero-order valence-electron chi connectivity index (χ0n) is 10.2. The van der Waals surface area contributed by atoms with Crippen molar-refractivity contribution in [1.82, 2.24) is 0 Å². The molecule has 1 aromatic carbocycles. The summed E-state index contributed by atoms with van der Waals surface area (Å²) >= 11 is 4.75. The molecule has 0 aliphatic heterocycles. The lowest BCUT2D eigenvalue weighted by Crippen LogP contribution is -2.10. The van der Waals surface area contributed by atoms with Crippen LogP contribution in [-0.4, -0.2) is 17.0 Å². The Kier molecular flexibility index (Phi) is 4.70. The molecule has 2 aromatic rings. The number of amides is 1. The zero-order valence-corrected chi connectivity index (χ0v) is 12.6. The van der Waals surface area contributed by atoms with Crippen LogP contribution in [0.25, 0.3) is 6.08 Å². The Balaban J connectivity index is 2.03. The van der Waals surface area contributed by atoms with Crippen molar-refractivity contribution in [1.29, 1.82) is 0 Å². The summed E-state index contributed by atoms with van der Waals surface area (Å²) in [5.41, 5.74) is 2.00. The van der Waals surface area contributed by atoms with Gasteiger partial charge in [0.25, 0.3) is 5.91 Å². The van der Waals surface area contributed by atoms with Crippen molar-refractivity contribution >= 4 is 50.9 Å². The van der Waals surface area contributed by atoms with E-state index in [1.165, 1.54) is 17.4 Å². The molecule has 0 aliphatic rings. The van der Waals surface area contributed by atoms with Gasteiger partial charge in [-0.25, -0.2) is 4.79 Å². The fourth-order valence-electron chi connectivity index (χ4n) is 1.48. The van der Waals surface area contributed by atoms with Crippen LogP contribution in [0.2, 0.25) is 0 Å². The van der Waals surface area contributed by atoms with Gasteiger partial charge in [0.2, 0.25) is 0 Å². The van der Waals surface area contributed by atoms with E-state index in [4.69, 9.17) is 5.11 Å². The monoisotopic (exact) mass is 351 g/mol. The van der Waals surface area contributed by atoms with Crippen LogP contribution < -0.4 is 5.32 Å². The first-order chi connectivity index (χ1) is 9.54. The molecule has 4 nitrogen and oxygen atoms in total. The molecule has 20 heavy (non-hydrogen) atoms. The van der Waals surface area contributed by atoms with E-state index in [-0.39, 0.29) is 5.91 Å². The predicted molar refractivity (Wildman–Crippen MR) is 83.1 cm³/mol. The highest BCUT2D eigenvalue weighted by Gasteiger charge is 2.07. The van der Waals surface area contributed by atoms with Crippen LogP contribution in [-0.2, 0) is 4.79 Å². The highest BCUT2D eigenvalue weighted by atomic mass is 79.9. The third-order valence-corrected chi connectivity index (χ3v) is 3.92. The molecule has 0 atom stereocenters. The number of carboxylic acid groups (broad SMARTS) is 1. The molecule has 0 spiro atoms. The number of benzene rings is 1. The second kappa shape index (κ2) is 6.49. The molecule has 2 N–H and O–H groups in total. The predicted octanol–water partition coefficient (Wildman–Crippen LogP) is 3.86. The molecule has 1 amide bonds. The maximum atomic E-state index is 11.9. The van der Waals surface area contributed by atoms with Crippen molar-refractivity contribution in [3.8, 4) is 0 Å². The van der Waals surface area contributed by atoms with E-state index in [1.54, 1.807) is 35.7 Å². The molecule has 0 bridgehead atoms. The van der Waals surface area contributed by atoms with Crippen LogP contribution in [0.1, 0.15) is 15.9 Å². The average molecular weight is 352 g/mol. The molecule has 0 radical (unpaired) electrons. The SMILES string of the molecule is O=C(O)/C=C/c1ccc(NC(=O)c2csc(Br)c2)cc1. The number of anilines is 1. The summed E-state index contributed by atoms with van der Waals surface area (Å²) in [6, 6.07) is 8.67. The summed E-state index contributed by atoms with van der Waals surface area (Å²) in [6.07, 6.45) is 2.56. The van der Waals surface area contributed by atoms with Crippen molar-refractivity contribution in [3.63, 3.8) is 0 Å². The normalized spacial score (nSPS) is 10.7. The molecule has 0 unspecified atom stereocenters. The number of carboxylic acids is 1. The first kappa shape index (κ1) is 14.5. The molecule has 0 fully saturated rings. The Morgan fingerprint density at radius 1 is 1.25 bits per heavy atom. The highest BCUT2D eigenvalue weighted by Crippen LogP contribution is 2.21. The fourth-order valence-corrected chi connectivity index (χ4v) is 2.61. The summed E-state index contributed by atoms with van der Waals surface area (Å²) in [4.78, 5) is 22.3. The third kappa shape index (κ3) is 4.04. The Hall–Kier alpha value is -1.92. The van der Waals surface area contributed by atoms with E-state index in [0.29, 0.717) is 11.3 Å². The molecule has 1 aromatic heterocycles. The van der Waals surface area contributed by atoms with Crippen molar-refractivity contribution < 1.29 is 14.7 Å². The number of carbonyl (C=O) groups is 2.